The molecule has 7 heteroatoms. The lowest BCUT2D eigenvalue weighted by atomic mass is 10.1. The Kier molecular flexibility index (Phi) is 5.60. The van der Waals surface area contributed by atoms with Crippen LogP contribution in [-0.4, -0.2) is 18.6 Å². The predicted molar refractivity (Wildman–Crippen MR) is 101 cm³/mol. The zero-order valence-electron chi connectivity index (χ0n) is 13.9. The zero-order valence-corrected chi connectivity index (χ0v) is 15.4. The second kappa shape index (κ2) is 7.89. The fourth-order valence-corrected chi connectivity index (χ4v) is 4.27. The SMILES string of the molecule is CCCOC(=O)c1c(NC(=O)Nc2cccc(Cl)c2)sc2c1CCC2. The second-order valence-corrected chi connectivity index (χ2v) is 7.33. The Balaban J connectivity index is 1.77. The summed E-state index contributed by atoms with van der Waals surface area (Å²) in [5, 5.41) is 6.60. The summed E-state index contributed by atoms with van der Waals surface area (Å²) in [6.07, 6.45) is 3.58. The number of anilines is 2. The molecule has 0 radical (unpaired) electrons. The molecule has 132 valence electrons. The number of carbonyl (C=O) groups is 2. The minimum absolute atomic E-state index is 0.362. The molecule has 1 aromatic heterocycles. The lowest BCUT2D eigenvalue weighted by Gasteiger charge is -2.10. The van der Waals surface area contributed by atoms with Crippen LogP contribution in [-0.2, 0) is 17.6 Å². The van der Waals surface area contributed by atoms with E-state index in [0.29, 0.717) is 27.9 Å². The summed E-state index contributed by atoms with van der Waals surface area (Å²) in [5.74, 6) is -0.362. The zero-order chi connectivity index (χ0) is 17.8. The van der Waals surface area contributed by atoms with Crippen LogP contribution >= 0.6 is 22.9 Å². The molecule has 3 rings (SSSR count). The maximum atomic E-state index is 12.4. The fraction of sp³-hybridized carbons (Fsp3) is 0.333. The predicted octanol–water partition coefficient (Wildman–Crippen LogP) is 5.10. The van der Waals surface area contributed by atoms with Gasteiger partial charge in [0.05, 0.1) is 12.2 Å². The van der Waals surface area contributed by atoms with Crippen molar-refractivity contribution in [3.8, 4) is 0 Å². The summed E-state index contributed by atoms with van der Waals surface area (Å²) >= 11 is 7.38. The molecule has 1 aliphatic carbocycles. The van der Waals surface area contributed by atoms with Crippen molar-refractivity contribution in [1.82, 2.24) is 0 Å². The normalized spacial score (nSPS) is 12.6. The van der Waals surface area contributed by atoms with E-state index in [9.17, 15) is 9.59 Å². The maximum absolute atomic E-state index is 12.4. The lowest BCUT2D eigenvalue weighted by molar-refractivity contribution is 0.0505. The van der Waals surface area contributed by atoms with E-state index >= 15 is 0 Å². The van der Waals surface area contributed by atoms with Crippen LogP contribution in [0, 0.1) is 0 Å². The molecular weight excluding hydrogens is 360 g/mol. The number of nitrogens with one attached hydrogen (secondary N) is 2. The molecule has 0 aliphatic heterocycles. The third-order valence-electron chi connectivity index (χ3n) is 3.87. The van der Waals surface area contributed by atoms with Crippen LogP contribution in [0.15, 0.2) is 24.3 Å². The highest BCUT2D eigenvalue weighted by Gasteiger charge is 2.28. The average molecular weight is 379 g/mol. The fourth-order valence-electron chi connectivity index (χ4n) is 2.81. The number of hydrogen-bond donors (Lipinski definition) is 2. The Morgan fingerprint density at radius 3 is 2.88 bits per heavy atom. The number of aryl methyl sites for hydroxylation is 1. The van der Waals surface area contributed by atoms with Gasteiger partial charge in [-0.2, -0.15) is 0 Å². The summed E-state index contributed by atoms with van der Waals surface area (Å²) in [6.45, 7) is 2.32. The van der Waals surface area contributed by atoms with Gasteiger partial charge in [-0.3, -0.25) is 5.32 Å². The molecule has 1 heterocycles. The topological polar surface area (TPSA) is 67.4 Å². The van der Waals surface area contributed by atoms with E-state index in [1.807, 2.05) is 6.92 Å². The number of esters is 1. The van der Waals surface area contributed by atoms with Gasteiger partial charge in [-0.05, 0) is 49.4 Å². The molecule has 0 atom stereocenters. The first-order chi connectivity index (χ1) is 12.1. The first-order valence-electron chi connectivity index (χ1n) is 8.23. The van der Waals surface area contributed by atoms with Gasteiger partial charge in [0.2, 0.25) is 0 Å². The third-order valence-corrected chi connectivity index (χ3v) is 5.31. The summed E-state index contributed by atoms with van der Waals surface area (Å²) in [6, 6.07) is 6.48. The average Bonchev–Trinajstić information content (AvgIpc) is 3.13. The van der Waals surface area contributed by atoms with Crippen molar-refractivity contribution in [3.05, 3.63) is 45.3 Å². The van der Waals surface area contributed by atoms with Gasteiger partial charge < -0.3 is 10.1 Å². The minimum Gasteiger partial charge on any atom is -0.462 e. The van der Waals surface area contributed by atoms with Crippen LogP contribution in [0.3, 0.4) is 0 Å². The maximum Gasteiger partial charge on any atom is 0.341 e. The quantitative estimate of drug-likeness (QED) is 0.711. The molecule has 2 N–H and O–H groups in total. The molecule has 2 amide bonds. The minimum atomic E-state index is -0.410. The highest BCUT2D eigenvalue weighted by atomic mass is 35.5. The molecule has 1 aromatic carbocycles. The number of rotatable bonds is 5. The van der Waals surface area contributed by atoms with Gasteiger partial charge in [0.25, 0.3) is 0 Å². The number of hydrogen-bond acceptors (Lipinski definition) is 4. The van der Waals surface area contributed by atoms with Gasteiger partial charge in [0.1, 0.15) is 5.00 Å². The van der Waals surface area contributed by atoms with Crippen LogP contribution in [0.4, 0.5) is 15.5 Å². The van der Waals surface area contributed by atoms with Crippen LogP contribution in [0.2, 0.25) is 5.02 Å². The molecule has 0 saturated heterocycles. The van der Waals surface area contributed by atoms with Crippen molar-refractivity contribution in [2.24, 2.45) is 0 Å². The van der Waals surface area contributed by atoms with E-state index in [0.717, 1.165) is 36.1 Å². The van der Waals surface area contributed by atoms with Crippen LogP contribution in [0.1, 0.15) is 40.6 Å². The summed E-state index contributed by atoms with van der Waals surface area (Å²) < 4.78 is 5.30. The van der Waals surface area contributed by atoms with Crippen LogP contribution in [0.25, 0.3) is 0 Å². The molecule has 25 heavy (non-hydrogen) atoms. The Labute approximate surface area is 155 Å². The number of ether oxygens (including phenoxy) is 1. The number of thiophene rings is 1. The van der Waals surface area contributed by atoms with Crippen molar-refractivity contribution in [2.75, 3.05) is 17.2 Å². The van der Waals surface area contributed by atoms with Crippen LogP contribution < -0.4 is 10.6 Å². The van der Waals surface area contributed by atoms with Crippen LogP contribution in [0.5, 0.6) is 0 Å². The van der Waals surface area contributed by atoms with Gasteiger partial charge in [0, 0.05) is 15.6 Å². The van der Waals surface area contributed by atoms with E-state index in [1.165, 1.54) is 11.3 Å². The van der Waals surface area contributed by atoms with Crippen molar-refractivity contribution in [3.63, 3.8) is 0 Å². The molecule has 0 saturated carbocycles. The molecule has 2 aromatic rings. The Morgan fingerprint density at radius 2 is 2.12 bits per heavy atom. The molecule has 1 aliphatic rings. The Hall–Kier alpha value is -2.05. The van der Waals surface area contributed by atoms with E-state index in [4.69, 9.17) is 16.3 Å². The molecule has 0 fully saturated rings. The largest absolute Gasteiger partial charge is 0.462 e. The number of halogens is 1. The van der Waals surface area contributed by atoms with Gasteiger partial charge in [-0.15, -0.1) is 11.3 Å². The first kappa shape index (κ1) is 17.8. The third kappa shape index (κ3) is 4.14. The second-order valence-electron chi connectivity index (χ2n) is 5.79. The number of carbonyl (C=O) groups excluding carboxylic acids is 2. The number of fused-ring (bicyclic) bond motifs is 1. The van der Waals surface area contributed by atoms with Crippen molar-refractivity contribution >= 4 is 45.6 Å². The molecule has 0 unspecified atom stereocenters. The summed E-state index contributed by atoms with van der Waals surface area (Å²) in [7, 11) is 0. The van der Waals surface area contributed by atoms with Gasteiger partial charge >= 0.3 is 12.0 Å². The van der Waals surface area contributed by atoms with E-state index in [-0.39, 0.29) is 5.97 Å². The smallest absolute Gasteiger partial charge is 0.341 e. The van der Waals surface area contributed by atoms with Crippen molar-refractivity contribution in [2.45, 2.75) is 32.6 Å². The first-order valence-corrected chi connectivity index (χ1v) is 9.43. The molecule has 0 spiro atoms. The van der Waals surface area contributed by atoms with E-state index in [2.05, 4.69) is 10.6 Å². The molecule has 5 nitrogen and oxygen atoms in total. The lowest BCUT2D eigenvalue weighted by Crippen LogP contribution is -2.20. The highest BCUT2D eigenvalue weighted by molar-refractivity contribution is 7.17. The summed E-state index contributed by atoms with van der Waals surface area (Å²) in [5.41, 5.74) is 2.11. The van der Waals surface area contributed by atoms with Gasteiger partial charge in [-0.1, -0.05) is 24.6 Å². The van der Waals surface area contributed by atoms with Crippen molar-refractivity contribution in [1.29, 1.82) is 0 Å². The van der Waals surface area contributed by atoms with Crippen molar-refractivity contribution < 1.29 is 14.3 Å². The number of benzene rings is 1. The monoisotopic (exact) mass is 378 g/mol. The van der Waals surface area contributed by atoms with E-state index < -0.39 is 6.03 Å². The molecular formula is C18H19ClN2O3S. The van der Waals surface area contributed by atoms with E-state index in [1.54, 1.807) is 24.3 Å². The Morgan fingerprint density at radius 1 is 1.28 bits per heavy atom. The Bertz CT molecular complexity index is 804. The standard InChI is InChI=1S/C18H19ClN2O3S/c1-2-9-24-17(22)15-13-7-4-8-14(13)25-16(15)21-18(23)20-12-6-3-5-11(19)10-12/h3,5-6,10H,2,4,7-9H2,1H3,(H2,20,21,23). The van der Waals surface area contributed by atoms with Gasteiger partial charge in [-0.25, -0.2) is 9.59 Å². The number of urea groups is 1. The highest BCUT2D eigenvalue weighted by Crippen LogP contribution is 2.39. The van der Waals surface area contributed by atoms with Gasteiger partial charge in [0.15, 0.2) is 0 Å². The summed E-state index contributed by atoms with van der Waals surface area (Å²) in [4.78, 5) is 25.9. The molecule has 0 bridgehead atoms. The number of amides is 2.